The number of rotatable bonds is 5. The molecule has 1 aliphatic rings. The molecule has 2 amide bonds. The third-order valence-electron chi connectivity index (χ3n) is 5.17. The molecule has 3 aromatic rings. The van der Waals surface area contributed by atoms with Gasteiger partial charge in [-0.25, -0.2) is 4.99 Å². The average molecular weight is 418 g/mol. The quantitative estimate of drug-likeness (QED) is 0.636. The second-order valence-corrected chi connectivity index (χ2v) is 8.33. The molecule has 1 heterocycles. The molecule has 1 N–H and O–H groups in total. The predicted octanol–water partition coefficient (Wildman–Crippen LogP) is 4.99. The van der Waals surface area contributed by atoms with Gasteiger partial charge in [0.1, 0.15) is 5.25 Å². The van der Waals surface area contributed by atoms with Crippen molar-refractivity contribution in [2.75, 3.05) is 12.4 Å². The van der Waals surface area contributed by atoms with Crippen molar-refractivity contribution in [3.05, 3.63) is 72.3 Å². The predicted molar refractivity (Wildman–Crippen MR) is 124 cm³/mol. The summed E-state index contributed by atoms with van der Waals surface area (Å²) in [5.41, 5.74) is 2.70. The minimum atomic E-state index is -0.475. The Hall–Kier alpha value is -3.12. The van der Waals surface area contributed by atoms with Gasteiger partial charge in [0, 0.05) is 24.5 Å². The molecule has 3 aromatic carbocycles. The number of amides is 2. The monoisotopic (exact) mass is 417 g/mol. The summed E-state index contributed by atoms with van der Waals surface area (Å²) >= 11 is 1.34. The number of para-hydroxylation sites is 1. The normalized spacial score (nSPS) is 17.7. The number of hydrogen-bond donors (Lipinski definition) is 1. The third-order valence-corrected chi connectivity index (χ3v) is 6.40. The molecule has 0 radical (unpaired) electrons. The zero-order valence-corrected chi connectivity index (χ0v) is 17.8. The Morgan fingerprint density at radius 2 is 1.80 bits per heavy atom. The number of fused-ring (bicyclic) bond motifs is 1. The SMILES string of the molecule is CCc1ccccc1NC(=O)C[C@H]1SC(=Nc2cccc3ccccc23)N(C)C1=O. The van der Waals surface area contributed by atoms with E-state index in [1.165, 1.54) is 11.8 Å². The van der Waals surface area contributed by atoms with Gasteiger partial charge in [0.2, 0.25) is 11.8 Å². The maximum Gasteiger partial charge on any atom is 0.242 e. The molecule has 0 aromatic heterocycles. The summed E-state index contributed by atoms with van der Waals surface area (Å²) in [6.07, 6.45) is 0.943. The van der Waals surface area contributed by atoms with Gasteiger partial charge in [-0.1, -0.05) is 73.3 Å². The molecule has 6 heteroatoms. The molecular formula is C24H23N3O2S. The first-order valence-electron chi connectivity index (χ1n) is 9.95. The van der Waals surface area contributed by atoms with Gasteiger partial charge < -0.3 is 5.32 Å². The number of anilines is 1. The van der Waals surface area contributed by atoms with Crippen LogP contribution in [-0.2, 0) is 16.0 Å². The van der Waals surface area contributed by atoms with Crippen molar-refractivity contribution >= 4 is 50.9 Å². The summed E-state index contributed by atoms with van der Waals surface area (Å²) in [6.45, 7) is 2.05. The van der Waals surface area contributed by atoms with Gasteiger partial charge in [-0.3, -0.25) is 14.5 Å². The number of carbonyl (C=O) groups excluding carboxylic acids is 2. The average Bonchev–Trinajstić information content (AvgIpc) is 3.02. The first-order valence-corrected chi connectivity index (χ1v) is 10.8. The van der Waals surface area contributed by atoms with Crippen LogP contribution in [0.5, 0.6) is 0 Å². The first kappa shape index (κ1) is 20.2. The number of nitrogens with one attached hydrogen (secondary N) is 1. The zero-order valence-electron chi connectivity index (χ0n) is 17.0. The molecule has 0 saturated carbocycles. The highest BCUT2D eigenvalue weighted by Gasteiger charge is 2.37. The van der Waals surface area contributed by atoms with Crippen molar-refractivity contribution in [2.24, 2.45) is 4.99 Å². The summed E-state index contributed by atoms with van der Waals surface area (Å²) in [6, 6.07) is 21.7. The van der Waals surface area contributed by atoms with Crippen molar-refractivity contribution in [1.82, 2.24) is 4.90 Å². The maximum absolute atomic E-state index is 12.7. The second-order valence-electron chi connectivity index (χ2n) is 7.16. The van der Waals surface area contributed by atoms with Crippen molar-refractivity contribution in [3.8, 4) is 0 Å². The van der Waals surface area contributed by atoms with E-state index in [1.54, 1.807) is 11.9 Å². The van der Waals surface area contributed by atoms with Gasteiger partial charge >= 0.3 is 0 Å². The van der Waals surface area contributed by atoms with Crippen LogP contribution in [0.25, 0.3) is 10.8 Å². The Bertz CT molecular complexity index is 1140. The van der Waals surface area contributed by atoms with Crippen molar-refractivity contribution < 1.29 is 9.59 Å². The maximum atomic E-state index is 12.7. The Kier molecular flexibility index (Phi) is 5.86. The molecule has 30 heavy (non-hydrogen) atoms. The van der Waals surface area contributed by atoms with Gasteiger partial charge in [-0.2, -0.15) is 0 Å². The van der Waals surface area contributed by atoms with E-state index in [-0.39, 0.29) is 18.2 Å². The lowest BCUT2D eigenvalue weighted by atomic mass is 10.1. The summed E-state index contributed by atoms with van der Waals surface area (Å²) < 4.78 is 0. The van der Waals surface area contributed by atoms with E-state index in [1.807, 2.05) is 73.7 Å². The van der Waals surface area contributed by atoms with E-state index >= 15 is 0 Å². The van der Waals surface area contributed by atoms with Crippen LogP contribution in [0.1, 0.15) is 18.9 Å². The fourth-order valence-electron chi connectivity index (χ4n) is 3.53. The Morgan fingerprint density at radius 3 is 2.63 bits per heavy atom. The van der Waals surface area contributed by atoms with Gasteiger partial charge in [0.15, 0.2) is 5.17 Å². The molecule has 5 nitrogen and oxygen atoms in total. The van der Waals surface area contributed by atoms with E-state index in [4.69, 9.17) is 4.99 Å². The summed E-state index contributed by atoms with van der Waals surface area (Å²) in [5.74, 6) is -0.264. The molecule has 1 fully saturated rings. The molecule has 1 saturated heterocycles. The number of aliphatic imine (C=N–C) groups is 1. The Balaban J connectivity index is 1.51. The topological polar surface area (TPSA) is 61.8 Å². The molecule has 1 atom stereocenters. The number of benzene rings is 3. The first-order chi connectivity index (χ1) is 14.6. The second kappa shape index (κ2) is 8.71. The minimum Gasteiger partial charge on any atom is -0.326 e. The number of carbonyl (C=O) groups is 2. The largest absolute Gasteiger partial charge is 0.326 e. The highest BCUT2D eigenvalue weighted by atomic mass is 32.2. The van der Waals surface area contributed by atoms with Gasteiger partial charge in [-0.15, -0.1) is 0 Å². The molecule has 0 aliphatic carbocycles. The lowest BCUT2D eigenvalue weighted by molar-refractivity contribution is -0.127. The van der Waals surface area contributed by atoms with Crippen molar-refractivity contribution in [2.45, 2.75) is 25.0 Å². The van der Waals surface area contributed by atoms with Crippen LogP contribution in [-0.4, -0.2) is 34.2 Å². The zero-order chi connectivity index (χ0) is 21.1. The Labute approximate surface area is 180 Å². The molecule has 0 bridgehead atoms. The fraction of sp³-hybridized carbons (Fsp3) is 0.208. The van der Waals surface area contributed by atoms with Crippen molar-refractivity contribution in [1.29, 1.82) is 0 Å². The molecule has 0 spiro atoms. The summed E-state index contributed by atoms with van der Waals surface area (Å²) in [5, 5.41) is 5.22. The van der Waals surface area contributed by atoms with Gasteiger partial charge in [0.25, 0.3) is 0 Å². The van der Waals surface area contributed by atoms with Crippen LogP contribution in [0.4, 0.5) is 11.4 Å². The van der Waals surface area contributed by atoms with Crippen LogP contribution in [0.3, 0.4) is 0 Å². The van der Waals surface area contributed by atoms with Crippen LogP contribution in [0, 0.1) is 0 Å². The number of nitrogens with zero attached hydrogens (tertiary/aromatic N) is 2. The van der Waals surface area contributed by atoms with Gasteiger partial charge in [-0.05, 0) is 29.5 Å². The number of hydrogen-bond acceptors (Lipinski definition) is 4. The van der Waals surface area contributed by atoms with E-state index in [0.717, 1.165) is 34.1 Å². The minimum absolute atomic E-state index is 0.0992. The van der Waals surface area contributed by atoms with Gasteiger partial charge in [0.05, 0.1) is 5.69 Å². The third kappa shape index (κ3) is 4.09. The van der Waals surface area contributed by atoms with Crippen LogP contribution < -0.4 is 5.32 Å². The van der Waals surface area contributed by atoms with Crippen LogP contribution >= 0.6 is 11.8 Å². The molecule has 152 valence electrons. The standard InChI is InChI=1S/C24H23N3O2S/c1-3-16-9-5-7-13-19(16)25-22(28)15-21-23(29)27(2)24(30-21)26-20-14-8-11-17-10-4-6-12-18(17)20/h4-14,21H,3,15H2,1-2H3,(H,25,28)/t21-/m1/s1. The number of aryl methyl sites for hydroxylation is 1. The number of thioether (sulfide) groups is 1. The lowest BCUT2D eigenvalue weighted by Gasteiger charge is -2.11. The highest BCUT2D eigenvalue weighted by molar-refractivity contribution is 8.15. The summed E-state index contributed by atoms with van der Waals surface area (Å²) in [7, 11) is 1.71. The van der Waals surface area contributed by atoms with Crippen LogP contribution in [0.15, 0.2) is 71.7 Å². The molecule has 4 rings (SSSR count). The van der Waals surface area contributed by atoms with Crippen molar-refractivity contribution in [3.63, 3.8) is 0 Å². The molecule has 0 unspecified atom stereocenters. The smallest absolute Gasteiger partial charge is 0.242 e. The fourth-order valence-corrected chi connectivity index (χ4v) is 4.67. The summed E-state index contributed by atoms with van der Waals surface area (Å²) in [4.78, 5) is 31.6. The van der Waals surface area contributed by atoms with E-state index in [0.29, 0.717) is 5.17 Å². The highest BCUT2D eigenvalue weighted by Crippen LogP contribution is 2.33. The van der Waals surface area contributed by atoms with E-state index < -0.39 is 5.25 Å². The molecule has 1 aliphatic heterocycles. The molecular weight excluding hydrogens is 394 g/mol. The lowest BCUT2D eigenvalue weighted by Crippen LogP contribution is -2.30. The Morgan fingerprint density at radius 1 is 1.07 bits per heavy atom. The van der Waals surface area contributed by atoms with E-state index in [2.05, 4.69) is 5.32 Å². The van der Waals surface area contributed by atoms with Crippen LogP contribution in [0.2, 0.25) is 0 Å². The van der Waals surface area contributed by atoms with E-state index in [9.17, 15) is 9.59 Å². The number of amidine groups is 1.